The third-order valence-electron chi connectivity index (χ3n) is 4.54. The zero-order valence-corrected chi connectivity index (χ0v) is 15.8. The first-order valence-electron chi connectivity index (χ1n) is 9.50. The Morgan fingerprint density at radius 1 is 1.15 bits per heavy atom. The van der Waals surface area contributed by atoms with E-state index in [0.717, 1.165) is 54.4 Å². The molecule has 4 heteroatoms. The maximum Gasteiger partial charge on any atom is 0.161 e. The van der Waals surface area contributed by atoms with Crippen LogP contribution in [0.5, 0.6) is 0 Å². The number of benzene rings is 1. The predicted octanol–water partition coefficient (Wildman–Crippen LogP) is 4.85. The maximum atomic E-state index is 4.84. The average molecular weight is 348 g/mol. The maximum absolute atomic E-state index is 4.84. The van der Waals surface area contributed by atoms with Crippen LogP contribution < -0.4 is 10.6 Å². The van der Waals surface area contributed by atoms with E-state index in [-0.39, 0.29) is 0 Å². The Morgan fingerprint density at radius 2 is 1.92 bits per heavy atom. The van der Waals surface area contributed by atoms with Crippen LogP contribution in [0.25, 0.3) is 11.4 Å². The van der Waals surface area contributed by atoms with Crippen LogP contribution in [0.1, 0.15) is 44.4 Å². The van der Waals surface area contributed by atoms with Crippen molar-refractivity contribution in [2.75, 3.05) is 11.9 Å². The molecule has 1 heterocycles. The van der Waals surface area contributed by atoms with E-state index in [1.165, 1.54) is 24.1 Å². The van der Waals surface area contributed by atoms with Gasteiger partial charge in [0.05, 0.1) is 0 Å². The fourth-order valence-electron chi connectivity index (χ4n) is 3.24. The summed E-state index contributed by atoms with van der Waals surface area (Å²) < 4.78 is 0. The molecule has 0 bridgehead atoms. The minimum Gasteiger partial charge on any atom is -0.389 e. The van der Waals surface area contributed by atoms with Gasteiger partial charge >= 0.3 is 0 Å². The van der Waals surface area contributed by atoms with Gasteiger partial charge in [-0.3, -0.25) is 0 Å². The largest absolute Gasteiger partial charge is 0.389 e. The van der Waals surface area contributed by atoms with Gasteiger partial charge in [-0.05, 0) is 45.1 Å². The molecule has 136 valence electrons. The molecular weight excluding hydrogens is 320 g/mol. The van der Waals surface area contributed by atoms with Crippen molar-refractivity contribution in [3.8, 4) is 11.4 Å². The lowest BCUT2D eigenvalue weighted by Crippen LogP contribution is -2.15. The van der Waals surface area contributed by atoms with Crippen LogP contribution in [0.4, 0.5) is 5.82 Å². The van der Waals surface area contributed by atoms with Crippen molar-refractivity contribution in [3.05, 3.63) is 65.6 Å². The standard InChI is InChI=1S/C22H28N4/c1-4-14-23-16(2)15-17(3)24-22-19-12-8-9-13-20(19)25-21(26-22)18-10-6-5-7-11-18/h5-7,10-11,15,23H,3-4,8-9,12-14H2,1-2H3,(H,24,25,26)/b16-15-. The first-order chi connectivity index (χ1) is 12.7. The Morgan fingerprint density at radius 3 is 2.69 bits per heavy atom. The molecular formula is C22H28N4. The Labute approximate surface area is 156 Å². The number of hydrogen-bond donors (Lipinski definition) is 2. The minimum absolute atomic E-state index is 0.784. The number of aromatic nitrogens is 2. The van der Waals surface area contributed by atoms with E-state index in [0.29, 0.717) is 0 Å². The summed E-state index contributed by atoms with van der Waals surface area (Å²) in [6.45, 7) is 9.35. The molecule has 0 fully saturated rings. The van der Waals surface area contributed by atoms with Gasteiger partial charge < -0.3 is 10.6 Å². The highest BCUT2D eigenvalue weighted by Gasteiger charge is 2.18. The quantitative estimate of drug-likeness (QED) is 0.702. The zero-order valence-electron chi connectivity index (χ0n) is 15.8. The van der Waals surface area contributed by atoms with Gasteiger partial charge in [-0.2, -0.15) is 0 Å². The summed E-state index contributed by atoms with van der Waals surface area (Å²) in [7, 11) is 0. The van der Waals surface area contributed by atoms with Crippen molar-refractivity contribution in [1.82, 2.24) is 15.3 Å². The Kier molecular flexibility index (Phi) is 6.05. The summed E-state index contributed by atoms with van der Waals surface area (Å²) >= 11 is 0. The van der Waals surface area contributed by atoms with Gasteiger partial charge in [0.1, 0.15) is 5.82 Å². The van der Waals surface area contributed by atoms with Gasteiger partial charge in [-0.15, -0.1) is 0 Å². The van der Waals surface area contributed by atoms with E-state index in [9.17, 15) is 0 Å². The zero-order chi connectivity index (χ0) is 18.4. The van der Waals surface area contributed by atoms with Crippen molar-refractivity contribution >= 4 is 5.82 Å². The topological polar surface area (TPSA) is 49.8 Å². The number of anilines is 1. The van der Waals surface area contributed by atoms with Crippen molar-refractivity contribution in [1.29, 1.82) is 0 Å². The van der Waals surface area contributed by atoms with E-state index in [1.54, 1.807) is 0 Å². The third-order valence-corrected chi connectivity index (χ3v) is 4.54. The molecule has 4 nitrogen and oxygen atoms in total. The number of nitrogens with one attached hydrogen (secondary N) is 2. The second kappa shape index (κ2) is 8.65. The van der Waals surface area contributed by atoms with Gasteiger partial charge in [0.2, 0.25) is 0 Å². The van der Waals surface area contributed by atoms with Gasteiger partial charge in [-0.25, -0.2) is 9.97 Å². The van der Waals surface area contributed by atoms with Gasteiger partial charge in [0.25, 0.3) is 0 Å². The summed E-state index contributed by atoms with van der Waals surface area (Å²) in [6, 6.07) is 10.2. The summed E-state index contributed by atoms with van der Waals surface area (Å²) in [5.41, 5.74) is 5.41. The lowest BCUT2D eigenvalue weighted by atomic mass is 9.96. The summed E-state index contributed by atoms with van der Waals surface area (Å²) in [5, 5.41) is 6.80. The molecule has 0 unspecified atom stereocenters. The van der Waals surface area contributed by atoms with E-state index in [4.69, 9.17) is 9.97 Å². The molecule has 0 saturated carbocycles. The summed E-state index contributed by atoms with van der Waals surface area (Å²) in [6.07, 6.45) is 7.57. The fourth-order valence-corrected chi connectivity index (χ4v) is 3.24. The highest BCUT2D eigenvalue weighted by Crippen LogP contribution is 2.29. The number of rotatable bonds is 7. The van der Waals surface area contributed by atoms with Crippen LogP contribution in [0.15, 0.2) is 54.4 Å². The van der Waals surface area contributed by atoms with Gasteiger partial charge in [0, 0.05) is 34.8 Å². The van der Waals surface area contributed by atoms with Crippen LogP contribution in [-0.4, -0.2) is 16.5 Å². The number of hydrogen-bond acceptors (Lipinski definition) is 4. The van der Waals surface area contributed by atoms with Crippen molar-refractivity contribution < 1.29 is 0 Å². The predicted molar refractivity (Wildman–Crippen MR) is 109 cm³/mol. The minimum atomic E-state index is 0.784. The van der Waals surface area contributed by atoms with Gasteiger partial charge in [0.15, 0.2) is 5.82 Å². The summed E-state index contributed by atoms with van der Waals surface area (Å²) in [5.74, 6) is 1.68. The van der Waals surface area contributed by atoms with Crippen LogP contribution in [0.2, 0.25) is 0 Å². The number of allylic oxidation sites excluding steroid dienone is 2. The van der Waals surface area contributed by atoms with Crippen molar-refractivity contribution in [2.24, 2.45) is 0 Å². The van der Waals surface area contributed by atoms with E-state index in [1.807, 2.05) is 24.3 Å². The van der Waals surface area contributed by atoms with E-state index < -0.39 is 0 Å². The molecule has 26 heavy (non-hydrogen) atoms. The molecule has 0 saturated heterocycles. The average Bonchev–Trinajstić information content (AvgIpc) is 2.67. The molecule has 1 aromatic heterocycles. The Balaban J connectivity index is 1.89. The van der Waals surface area contributed by atoms with Crippen LogP contribution >= 0.6 is 0 Å². The highest BCUT2D eigenvalue weighted by atomic mass is 15.0. The molecule has 0 aliphatic heterocycles. The Bertz CT molecular complexity index is 793. The fraction of sp³-hybridized carbons (Fsp3) is 0.364. The highest BCUT2D eigenvalue weighted by molar-refractivity contribution is 5.62. The first kappa shape index (κ1) is 18.2. The van der Waals surface area contributed by atoms with Crippen molar-refractivity contribution in [3.63, 3.8) is 0 Å². The molecule has 1 aliphatic carbocycles. The van der Waals surface area contributed by atoms with Crippen LogP contribution in [0, 0.1) is 0 Å². The lowest BCUT2D eigenvalue weighted by Gasteiger charge is -2.20. The molecule has 3 rings (SSSR count). The third kappa shape index (κ3) is 4.51. The van der Waals surface area contributed by atoms with E-state index in [2.05, 4.69) is 43.2 Å². The second-order valence-electron chi connectivity index (χ2n) is 6.80. The smallest absolute Gasteiger partial charge is 0.161 e. The number of nitrogens with zero attached hydrogens (tertiary/aromatic N) is 2. The van der Waals surface area contributed by atoms with Crippen molar-refractivity contribution in [2.45, 2.75) is 46.0 Å². The molecule has 2 aromatic rings. The number of fused-ring (bicyclic) bond motifs is 1. The Hall–Kier alpha value is -2.62. The normalized spacial score (nSPS) is 13.8. The molecule has 0 radical (unpaired) electrons. The molecule has 0 amide bonds. The lowest BCUT2D eigenvalue weighted by molar-refractivity contribution is 0.665. The van der Waals surface area contributed by atoms with Crippen LogP contribution in [-0.2, 0) is 12.8 Å². The van der Waals surface area contributed by atoms with E-state index >= 15 is 0 Å². The summed E-state index contributed by atoms with van der Waals surface area (Å²) in [4.78, 5) is 9.68. The van der Waals surface area contributed by atoms with Gasteiger partial charge in [-0.1, -0.05) is 43.8 Å². The second-order valence-corrected chi connectivity index (χ2v) is 6.80. The SMILES string of the molecule is C=C(/C=C(/C)NCCC)Nc1nc(-c2ccccc2)nc2c1CCCC2. The molecule has 1 aliphatic rings. The first-order valence-corrected chi connectivity index (χ1v) is 9.50. The molecule has 0 spiro atoms. The van der Waals surface area contributed by atoms with Crippen LogP contribution in [0.3, 0.4) is 0 Å². The molecule has 1 aromatic carbocycles. The monoisotopic (exact) mass is 348 g/mol. The number of aryl methyl sites for hydroxylation is 1. The molecule has 2 N–H and O–H groups in total. The molecule has 0 atom stereocenters.